The third-order valence-corrected chi connectivity index (χ3v) is 5.92. The Morgan fingerprint density at radius 1 is 0.824 bits per heavy atom. The van der Waals surface area contributed by atoms with Gasteiger partial charge in [-0.15, -0.1) is 0 Å². The number of hydrogen-bond donors (Lipinski definition) is 2. The van der Waals surface area contributed by atoms with Crippen molar-refractivity contribution in [2.75, 3.05) is 5.75 Å². The topological polar surface area (TPSA) is 94.9 Å². The lowest BCUT2D eigenvalue weighted by molar-refractivity contribution is -0.119. The highest BCUT2D eigenvalue weighted by Gasteiger charge is 2.17. The molecule has 0 aliphatic carbocycles. The van der Waals surface area contributed by atoms with Gasteiger partial charge >= 0.3 is 0 Å². The zero-order valence-electron chi connectivity index (χ0n) is 18.1. The maximum absolute atomic E-state index is 12.4. The molecule has 1 aromatic heterocycles. The predicted octanol–water partition coefficient (Wildman–Crippen LogP) is 4.84. The summed E-state index contributed by atoms with van der Waals surface area (Å²) >= 11 is 1.15. The number of carbonyl (C=O) groups is 2. The number of carbonyl (C=O) groups excluding carboxylic acids is 2. The molecule has 0 saturated heterocycles. The Morgan fingerprint density at radius 2 is 1.41 bits per heavy atom. The summed E-state index contributed by atoms with van der Waals surface area (Å²) in [7, 11) is 0. The predicted molar refractivity (Wildman–Crippen MR) is 133 cm³/mol. The maximum Gasteiger partial charge on any atom is 0.269 e. The van der Waals surface area contributed by atoms with Gasteiger partial charge in [-0.2, -0.15) is 5.26 Å². The third kappa shape index (κ3) is 5.49. The van der Waals surface area contributed by atoms with E-state index in [0.29, 0.717) is 21.8 Å². The molecule has 3 aromatic carbocycles. The molecule has 0 spiro atoms. The highest BCUT2D eigenvalue weighted by Crippen LogP contribution is 2.34. The molecule has 2 N–H and O–H groups in total. The first-order chi connectivity index (χ1) is 16.7. The van der Waals surface area contributed by atoms with Crippen molar-refractivity contribution in [3.8, 4) is 28.5 Å². The van der Waals surface area contributed by atoms with Crippen LogP contribution < -0.4 is 10.9 Å². The molecule has 1 heterocycles. The fourth-order valence-corrected chi connectivity index (χ4v) is 4.10. The van der Waals surface area contributed by atoms with Crippen molar-refractivity contribution in [3.63, 3.8) is 0 Å². The van der Waals surface area contributed by atoms with E-state index in [-0.39, 0.29) is 5.75 Å². The van der Waals surface area contributed by atoms with Gasteiger partial charge in [0.2, 0.25) is 5.91 Å². The second-order valence-electron chi connectivity index (χ2n) is 7.24. The molecule has 6 nitrogen and oxygen atoms in total. The van der Waals surface area contributed by atoms with E-state index in [1.807, 2.05) is 66.7 Å². The van der Waals surface area contributed by atoms with Crippen LogP contribution in [0, 0.1) is 11.3 Å². The number of hydrogen-bond acceptors (Lipinski definition) is 5. The van der Waals surface area contributed by atoms with Crippen LogP contribution in [0.4, 0.5) is 0 Å². The van der Waals surface area contributed by atoms with Crippen LogP contribution in [0.15, 0.2) is 102 Å². The van der Waals surface area contributed by atoms with E-state index < -0.39 is 11.8 Å². The third-order valence-electron chi connectivity index (χ3n) is 4.94. The Balaban J connectivity index is 1.56. The highest BCUT2D eigenvalue weighted by atomic mass is 32.2. The minimum atomic E-state index is -0.411. The Labute approximate surface area is 201 Å². The summed E-state index contributed by atoms with van der Waals surface area (Å²) < 4.78 is 0. The fourth-order valence-electron chi connectivity index (χ4n) is 3.29. The molecular weight excluding hydrogens is 444 g/mol. The molecule has 4 aromatic rings. The van der Waals surface area contributed by atoms with Gasteiger partial charge in [-0.1, -0.05) is 90.6 Å². The van der Waals surface area contributed by atoms with Crippen molar-refractivity contribution in [3.05, 3.63) is 108 Å². The molecule has 0 aliphatic rings. The molecule has 0 radical (unpaired) electrons. The van der Waals surface area contributed by atoms with E-state index >= 15 is 0 Å². The van der Waals surface area contributed by atoms with Crippen LogP contribution in [0.1, 0.15) is 15.9 Å². The van der Waals surface area contributed by atoms with Crippen LogP contribution in [0.25, 0.3) is 22.4 Å². The van der Waals surface area contributed by atoms with Crippen molar-refractivity contribution < 1.29 is 9.59 Å². The van der Waals surface area contributed by atoms with E-state index in [0.717, 1.165) is 28.5 Å². The van der Waals surface area contributed by atoms with Gasteiger partial charge in [0.1, 0.15) is 11.1 Å². The van der Waals surface area contributed by atoms with E-state index in [2.05, 4.69) is 21.9 Å². The summed E-state index contributed by atoms with van der Waals surface area (Å²) in [5, 5.41) is 10.4. The molecule has 0 bridgehead atoms. The van der Waals surface area contributed by atoms with E-state index in [9.17, 15) is 14.9 Å². The average Bonchev–Trinajstić information content (AvgIpc) is 2.91. The number of rotatable bonds is 6. The molecule has 0 atom stereocenters. The van der Waals surface area contributed by atoms with Gasteiger partial charge in [0, 0.05) is 16.7 Å². The van der Waals surface area contributed by atoms with Crippen molar-refractivity contribution in [1.29, 1.82) is 5.26 Å². The van der Waals surface area contributed by atoms with Gasteiger partial charge in [-0.05, 0) is 23.8 Å². The lowest BCUT2D eigenvalue weighted by Crippen LogP contribution is -2.42. The normalized spacial score (nSPS) is 10.2. The van der Waals surface area contributed by atoms with E-state index in [1.54, 1.807) is 30.3 Å². The van der Waals surface area contributed by atoms with Crippen molar-refractivity contribution in [2.24, 2.45) is 0 Å². The second-order valence-corrected chi connectivity index (χ2v) is 8.20. The lowest BCUT2D eigenvalue weighted by atomic mass is 9.99. The van der Waals surface area contributed by atoms with Crippen LogP contribution in [0.3, 0.4) is 0 Å². The Hall–Kier alpha value is -4.41. The molecular formula is C27H20N4O2S. The number of thioether (sulfide) groups is 1. The number of pyridine rings is 1. The fraction of sp³-hybridized carbons (Fsp3) is 0.0370. The summed E-state index contributed by atoms with van der Waals surface area (Å²) in [6, 6.07) is 32.0. The van der Waals surface area contributed by atoms with Crippen molar-refractivity contribution in [1.82, 2.24) is 15.8 Å². The van der Waals surface area contributed by atoms with Crippen LogP contribution in [-0.2, 0) is 4.79 Å². The molecule has 0 saturated carbocycles. The van der Waals surface area contributed by atoms with Crippen LogP contribution in [0.5, 0.6) is 0 Å². The van der Waals surface area contributed by atoms with E-state index in [4.69, 9.17) is 0 Å². The minimum absolute atomic E-state index is 0.0246. The molecule has 0 aliphatic heterocycles. The molecule has 7 heteroatoms. The first kappa shape index (κ1) is 22.8. The Bertz CT molecular complexity index is 1340. The maximum atomic E-state index is 12.4. The molecule has 2 amide bonds. The monoisotopic (exact) mass is 464 g/mol. The number of hydrazine groups is 1. The Kier molecular flexibility index (Phi) is 7.33. The zero-order valence-corrected chi connectivity index (χ0v) is 18.9. The van der Waals surface area contributed by atoms with Gasteiger partial charge in [0.15, 0.2) is 0 Å². The van der Waals surface area contributed by atoms with Gasteiger partial charge in [-0.3, -0.25) is 20.4 Å². The summed E-state index contributed by atoms with van der Waals surface area (Å²) in [6.45, 7) is 0. The highest BCUT2D eigenvalue weighted by molar-refractivity contribution is 8.00. The van der Waals surface area contributed by atoms with Crippen LogP contribution >= 0.6 is 11.8 Å². The molecule has 166 valence electrons. The summed E-state index contributed by atoms with van der Waals surface area (Å²) in [6.07, 6.45) is 0. The SMILES string of the molecule is N#Cc1c(-c2ccccc2)cc(-c2ccccc2)nc1SCC(=O)NNC(=O)c1ccccc1. The number of aromatic nitrogens is 1. The average molecular weight is 465 g/mol. The quantitative estimate of drug-likeness (QED) is 0.314. The summed E-state index contributed by atoms with van der Waals surface area (Å²) in [5.74, 6) is -0.845. The summed E-state index contributed by atoms with van der Waals surface area (Å²) in [4.78, 5) is 29.2. The largest absolute Gasteiger partial charge is 0.272 e. The molecule has 0 fully saturated rings. The van der Waals surface area contributed by atoms with Gasteiger partial charge in [-0.25, -0.2) is 4.98 Å². The van der Waals surface area contributed by atoms with Gasteiger partial charge in [0.05, 0.1) is 17.0 Å². The van der Waals surface area contributed by atoms with Crippen LogP contribution in [0.2, 0.25) is 0 Å². The number of nitriles is 1. The van der Waals surface area contributed by atoms with E-state index in [1.165, 1.54) is 0 Å². The molecule has 4 rings (SSSR count). The standard InChI is InChI=1S/C27H20N4O2S/c28-17-23-22(19-10-4-1-5-11-19)16-24(20-12-6-2-7-13-20)29-27(23)34-18-25(32)30-31-26(33)21-14-8-3-9-15-21/h1-16H,18H2,(H,30,32)(H,31,33). The molecule has 0 unspecified atom stereocenters. The van der Waals surface area contributed by atoms with Crippen molar-refractivity contribution >= 4 is 23.6 Å². The van der Waals surface area contributed by atoms with Crippen molar-refractivity contribution in [2.45, 2.75) is 5.03 Å². The lowest BCUT2D eigenvalue weighted by Gasteiger charge is -2.13. The number of amides is 2. The second kappa shape index (κ2) is 10.9. The van der Waals surface area contributed by atoms with Gasteiger partial charge in [0.25, 0.3) is 5.91 Å². The smallest absolute Gasteiger partial charge is 0.269 e. The first-order valence-electron chi connectivity index (χ1n) is 10.5. The number of benzene rings is 3. The summed E-state index contributed by atoms with van der Waals surface area (Å²) in [5.41, 5.74) is 8.90. The number of nitrogens with zero attached hydrogens (tertiary/aromatic N) is 2. The number of nitrogens with one attached hydrogen (secondary N) is 2. The molecule has 34 heavy (non-hydrogen) atoms. The van der Waals surface area contributed by atoms with Gasteiger partial charge < -0.3 is 0 Å². The first-order valence-corrected chi connectivity index (χ1v) is 11.5. The van der Waals surface area contributed by atoms with Crippen LogP contribution in [-0.4, -0.2) is 22.6 Å². The zero-order chi connectivity index (χ0) is 23.8. The minimum Gasteiger partial charge on any atom is -0.272 e. The Morgan fingerprint density at radius 3 is 2.03 bits per heavy atom.